The van der Waals surface area contributed by atoms with Gasteiger partial charge in [-0.3, -0.25) is 0 Å². The van der Waals surface area contributed by atoms with Gasteiger partial charge in [-0.25, -0.2) is 0 Å². The van der Waals surface area contributed by atoms with E-state index in [2.05, 4.69) is 15.9 Å². The molecule has 1 unspecified atom stereocenters. The number of hydrogen-bond donors (Lipinski definition) is 0. The highest BCUT2D eigenvalue weighted by molar-refractivity contribution is 9.10. The maximum Gasteiger partial charge on any atom is 0.119 e. The molecule has 0 N–H and O–H groups in total. The lowest BCUT2D eigenvalue weighted by Crippen LogP contribution is -2.16. The molecule has 0 aromatic heterocycles. The van der Waals surface area contributed by atoms with Gasteiger partial charge in [0.15, 0.2) is 0 Å². The molecular formula is C11H13BrO2. The van der Waals surface area contributed by atoms with Gasteiger partial charge in [0, 0.05) is 11.1 Å². The number of halogens is 1. The molecule has 1 aromatic carbocycles. The van der Waals surface area contributed by atoms with Crippen LogP contribution in [0.4, 0.5) is 0 Å². The summed E-state index contributed by atoms with van der Waals surface area (Å²) in [5.74, 6) is 0.906. The molecule has 0 aliphatic carbocycles. The Morgan fingerprint density at radius 3 is 2.79 bits per heavy atom. The van der Waals surface area contributed by atoms with Crippen molar-refractivity contribution in [3.05, 3.63) is 28.7 Å². The van der Waals surface area contributed by atoms with Crippen LogP contribution in [0.1, 0.15) is 12.8 Å². The van der Waals surface area contributed by atoms with Crippen LogP contribution in [0.3, 0.4) is 0 Å². The third-order valence-electron chi connectivity index (χ3n) is 2.27. The predicted molar refractivity (Wildman–Crippen MR) is 58.6 cm³/mol. The van der Waals surface area contributed by atoms with Crippen LogP contribution in [0.25, 0.3) is 0 Å². The minimum Gasteiger partial charge on any atom is -0.491 e. The number of benzene rings is 1. The van der Waals surface area contributed by atoms with Gasteiger partial charge in [0.25, 0.3) is 0 Å². The van der Waals surface area contributed by atoms with E-state index in [4.69, 9.17) is 9.47 Å². The Bertz CT molecular complexity index is 278. The molecule has 2 rings (SSSR count). The van der Waals surface area contributed by atoms with Gasteiger partial charge in [0.2, 0.25) is 0 Å². The van der Waals surface area contributed by atoms with Gasteiger partial charge in [-0.05, 0) is 37.1 Å². The fourth-order valence-corrected chi connectivity index (χ4v) is 1.76. The molecule has 3 heteroatoms. The first-order valence-electron chi connectivity index (χ1n) is 4.84. The zero-order chi connectivity index (χ0) is 9.80. The summed E-state index contributed by atoms with van der Waals surface area (Å²) in [7, 11) is 0. The van der Waals surface area contributed by atoms with Crippen LogP contribution in [0.15, 0.2) is 28.7 Å². The highest BCUT2D eigenvalue weighted by Crippen LogP contribution is 2.18. The summed E-state index contributed by atoms with van der Waals surface area (Å²) >= 11 is 3.38. The van der Waals surface area contributed by atoms with Crippen molar-refractivity contribution in [3.63, 3.8) is 0 Å². The van der Waals surface area contributed by atoms with Crippen molar-refractivity contribution in [1.82, 2.24) is 0 Å². The van der Waals surface area contributed by atoms with E-state index in [1.54, 1.807) is 0 Å². The highest BCUT2D eigenvalue weighted by Gasteiger charge is 2.15. The maximum atomic E-state index is 5.60. The van der Waals surface area contributed by atoms with Crippen molar-refractivity contribution in [2.75, 3.05) is 13.2 Å². The van der Waals surface area contributed by atoms with Crippen molar-refractivity contribution in [2.45, 2.75) is 18.9 Å². The first-order chi connectivity index (χ1) is 6.84. The molecule has 1 heterocycles. The zero-order valence-corrected chi connectivity index (χ0v) is 9.50. The summed E-state index contributed by atoms with van der Waals surface area (Å²) in [4.78, 5) is 0. The Labute approximate surface area is 92.3 Å². The van der Waals surface area contributed by atoms with E-state index in [-0.39, 0.29) is 0 Å². The summed E-state index contributed by atoms with van der Waals surface area (Å²) in [6, 6.07) is 7.87. The Morgan fingerprint density at radius 2 is 2.14 bits per heavy atom. The molecule has 0 amide bonds. The fourth-order valence-electron chi connectivity index (χ4n) is 1.50. The quantitative estimate of drug-likeness (QED) is 0.828. The van der Waals surface area contributed by atoms with Crippen LogP contribution in [0.5, 0.6) is 5.75 Å². The molecule has 1 aliphatic rings. The van der Waals surface area contributed by atoms with E-state index in [1.165, 1.54) is 0 Å². The molecule has 76 valence electrons. The molecule has 1 fully saturated rings. The first-order valence-corrected chi connectivity index (χ1v) is 5.64. The Hall–Kier alpha value is -0.540. The lowest BCUT2D eigenvalue weighted by Gasteiger charge is -2.11. The van der Waals surface area contributed by atoms with E-state index in [0.29, 0.717) is 12.7 Å². The van der Waals surface area contributed by atoms with Gasteiger partial charge in [-0.1, -0.05) is 15.9 Å². The first kappa shape index (κ1) is 9.99. The average molecular weight is 257 g/mol. The van der Waals surface area contributed by atoms with Crippen molar-refractivity contribution in [2.24, 2.45) is 0 Å². The Balaban J connectivity index is 1.82. The summed E-state index contributed by atoms with van der Waals surface area (Å²) < 4.78 is 12.1. The fraction of sp³-hybridized carbons (Fsp3) is 0.455. The van der Waals surface area contributed by atoms with Crippen molar-refractivity contribution in [1.29, 1.82) is 0 Å². The topological polar surface area (TPSA) is 18.5 Å². The van der Waals surface area contributed by atoms with Gasteiger partial charge < -0.3 is 9.47 Å². The smallest absolute Gasteiger partial charge is 0.119 e. The van der Waals surface area contributed by atoms with Crippen LogP contribution in [-0.2, 0) is 4.74 Å². The second kappa shape index (κ2) is 4.80. The second-order valence-electron chi connectivity index (χ2n) is 3.40. The molecule has 0 radical (unpaired) electrons. The average Bonchev–Trinajstić information content (AvgIpc) is 2.70. The van der Waals surface area contributed by atoms with Crippen LogP contribution in [-0.4, -0.2) is 19.3 Å². The molecule has 0 bridgehead atoms. The summed E-state index contributed by atoms with van der Waals surface area (Å²) in [6.45, 7) is 1.55. The SMILES string of the molecule is Brc1ccc(OCC2CCCO2)cc1. The van der Waals surface area contributed by atoms with Crippen molar-refractivity contribution >= 4 is 15.9 Å². The number of rotatable bonds is 3. The lowest BCUT2D eigenvalue weighted by atomic mass is 10.2. The second-order valence-corrected chi connectivity index (χ2v) is 4.32. The summed E-state index contributed by atoms with van der Waals surface area (Å²) in [5.41, 5.74) is 0. The van der Waals surface area contributed by atoms with Crippen molar-refractivity contribution < 1.29 is 9.47 Å². The maximum absolute atomic E-state index is 5.60. The number of hydrogen-bond acceptors (Lipinski definition) is 2. The van der Waals surface area contributed by atoms with Crippen LogP contribution < -0.4 is 4.74 Å². The van der Waals surface area contributed by atoms with Gasteiger partial charge >= 0.3 is 0 Å². The number of ether oxygens (including phenoxy) is 2. The zero-order valence-electron chi connectivity index (χ0n) is 7.91. The highest BCUT2D eigenvalue weighted by atomic mass is 79.9. The summed E-state index contributed by atoms with van der Waals surface area (Å²) in [5, 5.41) is 0. The van der Waals surface area contributed by atoms with Gasteiger partial charge in [0.05, 0.1) is 6.10 Å². The van der Waals surface area contributed by atoms with Crippen molar-refractivity contribution in [3.8, 4) is 5.75 Å². The standard InChI is InChI=1S/C11H13BrO2/c12-9-3-5-10(6-4-9)14-8-11-2-1-7-13-11/h3-6,11H,1-2,7-8H2. The normalized spacial score (nSPS) is 21.1. The third-order valence-corrected chi connectivity index (χ3v) is 2.80. The molecule has 1 aromatic rings. The van der Waals surface area contributed by atoms with Crippen LogP contribution >= 0.6 is 15.9 Å². The molecular weight excluding hydrogens is 244 g/mol. The van der Waals surface area contributed by atoms with Gasteiger partial charge in [0.1, 0.15) is 12.4 Å². The molecule has 0 spiro atoms. The largest absolute Gasteiger partial charge is 0.491 e. The minimum absolute atomic E-state index is 0.290. The van der Waals surface area contributed by atoms with E-state index >= 15 is 0 Å². The van der Waals surface area contributed by atoms with Gasteiger partial charge in [-0.15, -0.1) is 0 Å². The van der Waals surface area contributed by atoms with E-state index in [1.807, 2.05) is 24.3 Å². The van der Waals surface area contributed by atoms with Crippen LogP contribution in [0.2, 0.25) is 0 Å². The minimum atomic E-state index is 0.290. The molecule has 1 saturated heterocycles. The van der Waals surface area contributed by atoms with E-state index in [9.17, 15) is 0 Å². The summed E-state index contributed by atoms with van der Waals surface area (Å²) in [6.07, 6.45) is 2.57. The Kier molecular flexibility index (Phi) is 3.43. The van der Waals surface area contributed by atoms with Gasteiger partial charge in [-0.2, -0.15) is 0 Å². The van der Waals surface area contributed by atoms with E-state index < -0.39 is 0 Å². The molecule has 14 heavy (non-hydrogen) atoms. The Morgan fingerprint density at radius 1 is 1.36 bits per heavy atom. The molecule has 0 saturated carbocycles. The molecule has 2 nitrogen and oxygen atoms in total. The van der Waals surface area contributed by atoms with Crippen LogP contribution in [0, 0.1) is 0 Å². The predicted octanol–water partition coefficient (Wildman–Crippen LogP) is 3.01. The monoisotopic (exact) mass is 256 g/mol. The third kappa shape index (κ3) is 2.72. The van der Waals surface area contributed by atoms with E-state index in [0.717, 1.165) is 29.7 Å². The molecule has 1 aliphatic heterocycles. The lowest BCUT2D eigenvalue weighted by molar-refractivity contribution is 0.0679. The molecule has 1 atom stereocenters.